The third kappa shape index (κ3) is 2.58. The van der Waals surface area contributed by atoms with Crippen LogP contribution >= 0.6 is 0 Å². The number of piperidine rings is 1. The van der Waals surface area contributed by atoms with E-state index in [0.29, 0.717) is 11.3 Å². The molecule has 0 amide bonds. The Morgan fingerprint density at radius 2 is 2.13 bits per heavy atom. The minimum atomic E-state index is 0.112. The highest BCUT2D eigenvalue weighted by molar-refractivity contribution is 5.58. The van der Waals surface area contributed by atoms with Crippen LogP contribution in [0.1, 0.15) is 33.6 Å². The summed E-state index contributed by atoms with van der Waals surface area (Å²) in [6, 6.07) is 0.112. The number of rotatable bonds is 1. The molecule has 0 aliphatic carbocycles. The van der Waals surface area contributed by atoms with Gasteiger partial charge < -0.3 is 15.4 Å². The molecule has 2 rings (SSSR count). The van der Waals surface area contributed by atoms with Gasteiger partial charge in [-0.05, 0) is 37.3 Å². The second-order valence-electron chi connectivity index (χ2n) is 4.55. The van der Waals surface area contributed by atoms with Crippen LogP contribution in [0.3, 0.4) is 0 Å². The van der Waals surface area contributed by atoms with E-state index >= 15 is 0 Å². The summed E-state index contributed by atoms with van der Waals surface area (Å²) in [7, 11) is 0. The molecule has 0 radical (unpaired) electrons. The number of aldehydes is 1. The third-order valence-electron chi connectivity index (χ3n) is 3.80. The lowest BCUT2D eigenvalue weighted by molar-refractivity contribution is -0.109. The summed E-state index contributed by atoms with van der Waals surface area (Å²) >= 11 is 0. The van der Waals surface area contributed by atoms with E-state index in [-0.39, 0.29) is 6.04 Å². The van der Waals surface area contributed by atoms with Gasteiger partial charge in [-0.2, -0.15) is 0 Å². The topological polar surface area (TPSA) is 41.1 Å². The molecule has 2 fully saturated rings. The van der Waals surface area contributed by atoms with Crippen molar-refractivity contribution in [3.63, 3.8) is 0 Å². The Morgan fingerprint density at radius 3 is 2.67 bits per heavy atom. The molecule has 0 aromatic carbocycles. The molecule has 0 bridgehead atoms. The first-order valence-corrected chi connectivity index (χ1v) is 6.16. The van der Waals surface area contributed by atoms with Crippen molar-refractivity contribution in [1.29, 1.82) is 0 Å². The van der Waals surface area contributed by atoms with Crippen LogP contribution in [0.25, 0.3) is 0 Å². The highest BCUT2D eigenvalue weighted by Gasteiger charge is 2.43. The summed E-state index contributed by atoms with van der Waals surface area (Å²) in [5, 5.41) is 6.70. The average molecular weight is 212 g/mol. The van der Waals surface area contributed by atoms with Crippen LogP contribution in [0.4, 0.5) is 0 Å². The fourth-order valence-corrected chi connectivity index (χ4v) is 2.70. The molecule has 0 aromatic heterocycles. The zero-order chi connectivity index (χ0) is 11.3. The monoisotopic (exact) mass is 212 g/mol. The highest BCUT2D eigenvalue weighted by atomic mass is 16.1. The second kappa shape index (κ2) is 5.61. The normalized spacial score (nSPS) is 39.7. The van der Waals surface area contributed by atoms with Gasteiger partial charge in [-0.15, -0.1) is 0 Å². The molecule has 0 aromatic rings. The molecule has 0 saturated carbocycles. The lowest BCUT2D eigenvalue weighted by Gasteiger charge is -2.39. The maximum absolute atomic E-state index is 10.7. The smallest absolute Gasteiger partial charge is 0.136 e. The van der Waals surface area contributed by atoms with Crippen LogP contribution in [0.15, 0.2) is 0 Å². The Balaban J connectivity index is 0.000000531. The van der Waals surface area contributed by atoms with Gasteiger partial charge in [0.15, 0.2) is 0 Å². The third-order valence-corrected chi connectivity index (χ3v) is 3.80. The lowest BCUT2D eigenvalue weighted by Crippen LogP contribution is -2.45. The summed E-state index contributed by atoms with van der Waals surface area (Å²) in [6.07, 6.45) is 3.31. The van der Waals surface area contributed by atoms with Gasteiger partial charge in [0.2, 0.25) is 0 Å². The van der Waals surface area contributed by atoms with E-state index in [1.165, 1.54) is 6.42 Å². The molecule has 1 spiro atoms. The number of hydrogen-bond acceptors (Lipinski definition) is 3. The van der Waals surface area contributed by atoms with E-state index in [1.807, 2.05) is 13.8 Å². The first-order valence-electron chi connectivity index (χ1n) is 6.16. The first-order chi connectivity index (χ1) is 7.27. The van der Waals surface area contributed by atoms with Gasteiger partial charge in [0, 0.05) is 6.54 Å². The summed E-state index contributed by atoms with van der Waals surface area (Å²) in [6.45, 7) is 9.53. The van der Waals surface area contributed by atoms with Crippen LogP contribution in [-0.4, -0.2) is 32.0 Å². The van der Waals surface area contributed by atoms with Gasteiger partial charge in [-0.1, -0.05) is 20.8 Å². The maximum atomic E-state index is 10.7. The van der Waals surface area contributed by atoms with Gasteiger partial charge in [0.25, 0.3) is 0 Å². The predicted molar refractivity (Wildman–Crippen MR) is 62.9 cm³/mol. The zero-order valence-corrected chi connectivity index (χ0v) is 10.2. The van der Waals surface area contributed by atoms with Crippen LogP contribution in [-0.2, 0) is 4.79 Å². The van der Waals surface area contributed by atoms with Gasteiger partial charge in [0.1, 0.15) is 6.29 Å². The van der Waals surface area contributed by atoms with Gasteiger partial charge in [-0.25, -0.2) is 0 Å². The summed E-state index contributed by atoms with van der Waals surface area (Å²) < 4.78 is 0. The van der Waals surface area contributed by atoms with E-state index in [9.17, 15) is 4.79 Å². The number of nitrogens with one attached hydrogen (secondary N) is 2. The molecule has 2 aliphatic heterocycles. The van der Waals surface area contributed by atoms with E-state index < -0.39 is 0 Å². The molecule has 15 heavy (non-hydrogen) atoms. The van der Waals surface area contributed by atoms with Crippen molar-refractivity contribution < 1.29 is 4.79 Å². The summed E-state index contributed by atoms with van der Waals surface area (Å²) in [5.41, 5.74) is 0.400. The second-order valence-corrected chi connectivity index (χ2v) is 4.55. The number of hydrogen-bond donors (Lipinski definition) is 2. The molecule has 3 atom stereocenters. The van der Waals surface area contributed by atoms with Crippen molar-refractivity contribution in [2.45, 2.75) is 39.7 Å². The quantitative estimate of drug-likeness (QED) is 0.642. The number of carbonyl (C=O) groups excluding carboxylic acids is 1. The minimum absolute atomic E-state index is 0.112. The molecule has 3 nitrogen and oxygen atoms in total. The Morgan fingerprint density at radius 1 is 1.40 bits per heavy atom. The van der Waals surface area contributed by atoms with Crippen LogP contribution < -0.4 is 10.6 Å². The zero-order valence-electron chi connectivity index (χ0n) is 10.2. The molecule has 3 unspecified atom stereocenters. The fraction of sp³-hybridized carbons (Fsp3) is 0.917. The van der Waals surface area contributed by atoms with E-state index in [0.717, 1.165) is 32.3 Å². The molecule has 2 aliphatic rings. The van der Waals surface area contributed by atoms with Crippen molar-refractivity contribution in [3.8, 4) is 0 Å². The Hall–Kier alpha value is -0.410. The molecule has 2 heterocycles. The average Bonchev–Trinajstić information content (AvgIpc) is 2.70. The van der Waals surface area contributed by atoms with Crippen molar-refractivity contribution >= 4 is 6.29 Å². The van der Waals surface area contributed by atoms with Crippen LogP contribution in [0.2, 0.25) is 0 Å². The molecule has 2 saturated heterocycles. The Labute approximate surface area is 93.0 Å². The van der Waals surface area contributed by atoms with E-state index in [4.69, 9.17) is 0 Å². The predicted octanol–water partition coefficient (Wildman–Crippen LogP) is 1.19. The van der Waals surface area contributed by atoms with E-state index in [2.05, 4.69) is 17.6 Å². The van der Waals surface area contributed by atoms with E-state index in [1.54, 1.807) is 0 Å². The van der Waals surface area contributed by atoms with Crippen LogP contribution in [0, 0.1) is 11.3 Å². The van der Waals surface area contributed by atoms with Gasteiger partial charge in [-0.3, -0.25) is 0 Å². The first kappa shape index (κ1) is 12.7. The van der Waals surface area contributed by atoms with Gasteiger partial charge in [0.05, 0.1) is 6.04 Å². The van der Waals surface area contributed by atoms with Crippen molar-refractivity contribution in [2.24, 2.45) is 11.3 Å². The number of carbonyl (C=O) groups is 1. The SMILES string of the molecule is CC.CC1CNCCC12CNC(C=O)C2. The highest BCUT2D eigenvalue weighted by Crippen LogP contribution is 2.40. The standard InChI is InChI=1S/C10H18N2O.C2H6/c1-8-5-11-3-2-10(8)4-9(6-13)12-7-10;1-2/h6,8-9,11-12H,2-5,7H2,1H3;1-2H3. The fourth-order valence-electron chi connectivity index (χ4n) is 2.70. The molecular formula is C12H24N2O. The summed E-state index contributed by atoms with van der Waals surface area (Å²) in [5.74, 6) is 0.693. The van der Waals surface area contributed by atoms with Gasteiger partial charge >= 0.3 is 0 Å². The van der Waals surface area contributed by atoms with Crippen molar-refractivity contribution in [2.75, 3.05) is 19.6 Å². The maximum Gasteiger partial charge on any atom is 0.136 e. The summed E-state index contributed by atoms with van der Waals surface area (Å²) in [4.78, 5) is 10.7. The lowest BCUT2D eigenvalue weighted by atomic mass is 9.70. The molecule has 3 heteroatoms. The Kier molecular flexibility index (Phi) is 4.74. The Bertz CT molecular complexity index is 208. The van der Waals surface area contributed by atoms with Crippen molar-refractivity contribution in [1.82, 2.24) is 10.6 Å². The molecule has 88 valence electrons. The molecular weight excluding hydrogens is 188 g/mol. The van der Waals surface area contributed by atoms with Crippen molar-refractivity contribution in [3.05, 3.63) is 0 Å². The van der Waals surface area contributed by atoms with Crippen LogP contribution in [0.5, 0.6) is 0 Å². The minimum Gasteiger partial charge on any atom is -0.316 e. The largest absolute Gasteiger partial charge is 0.316 e. The molecule has 2 N–H and O–H groups in total.